The van der Waals surface area contributed by atoms with Crippen molar-refractivity contribution in [3.8, 4) is 16.6 Å². The number of likely N-dealkylation sites (tertiary alicyclic amines) is 1. The summed E-state index contributed by atoms with van der Waals surface area (Å²) >= 11 is 1.57. The summed E-state index contributed by atoms with van der Waals surface area (Å²) in [5.41, 5.74) is 9.03. The van der Waals surface area contributed by atoms with E-state index in [1.165, 1.54) is 31.5 Å². The standard InChI is InChI=1S/C24H29N7O2S/c1-2-3-11-33-23-28-20(25)19-21(29-23)31(24(32)27-19)15-18-13-26-22(34-18)17-8-6-7-16(12-17)14-30-9-4-5-10-30/h6-8,12-13H,2-5,9-11,14-15H2,1H3,(H,27,32)(H2,25,28,29). The maximum Gasteiger partial charge on any atom is 0.328 e. The van der Waals surface area contributed by atoms with Crippen LogP contribution < -0.4 is 16.2 Å². The number of nitrogens with one attached hydrogen (secondary N) is 1. The normalized spacial score (nSPS) is 14.3. The lowest BCUT2D eigenvalue weighted by Crippen LogP contribution is -2.18. The molecule has 0 atom stereocenters. The molecule has 10 heteroatoms. The Morgan fingerprint density at radius 2 is 2.06 bits per heavy atom. The maximum atomic E-state index is 12.7. The van der Waals surface area contributed by atoms with Gasteiger partial charge in [0.2, 0.25) is 0 Å². The van der Waals surface area contributed by atoms with E-state index in [0.717, 1.165) is 34.8 Å². The van der Waals surface area contributed by atoms with Crippen molar-refractivity contribution >= 4 is 28.3 Å². The predicted octanol–water partition coefficient (Wildman–Crippen LogP) is 3.65. The number of aromatic amines is 1. The van der Waals surface area contributed by atoms with Gasteiger partial charge in [0.05, 0.1) is 13.2 Å². The highest BCUT2D eigenvalue weighted by Gasteiger charge is 2.17. The van der Waals surface area contributed by atoms with E-state index in [9.17, 15) is 4.79 Å². The highest BCUT2D eigenvalue weighted by atomic mass is 32.1. The summed E-state index contributed by atoms with van der Waals surface area (Å²) in [6, 6.07) is 8.75. The van der Waals surface area contributed by atoms with Crippen LogP contribution in [0.2, 0.25) is 0 Å². The Morgan fingerprint density at radius 1 is 1.21 bits per heavy atom. The molecule has 1 aromatic carbocycles. The highest BCUT2D eigenvalue weighted by Crippen LogP contribution is 2.28. The average Bonchev–Trinajstić information content (AvgIpc) is 3.57. The second kappa shape index (κ2) is 9.94. The zero-order valence-corrected chi connectivity index (χ0v) is 20.1. The number of benzene rings is 1. The summed E-state index contributed by atoms with van der Waals surface area (Å²) in [5, 5.41) is 0.934. The van der Waals surface area contributed by atoms with Crippen LogP contribution in [-0.2, 0) is 13.1 Å². The second-order valence-corrected chi connectivity index (χ2v) is 9.74. The van der Waals surface area contributed by atoms with Gasteiger partial charge in [0.15, 0.2) is 11.5 Å². The molecule has 3 N–H and O–H groups in total. The van der Waals surface area contributed by atoms with Gasteiger partial charge in [-0.05, 0) is 44.0 Å². The Morgan fingerprint density at radius 3 is 2.88 bits per heavy atom. The van der Waals surface area contributed by atoms with Gasteiger partial charge < -0.3 is 15.5 Å². The molecule has 178 valence electrons. The first-order valence-electron chi connectivity index (χ1n) is 11.8. The number of fused-ring (bicyclic) bond motifs is 1. The van der Waals surface area contributed by atoms with Gasteiger partial charge in [-0.2, -0.15) is 9.97 Å². The van der Waals surface area contributed by atoms with Crippen LogP contribution in [0.15, 0.2) is 35.3 Å². The topological polar surface area (TPSA) is 115 Å². The van der Waals surface area contributed by atoms with Crippen molar-refractivity contribution in [1.29, 1.82) is 0 Å². The third-order valence-electron chi connectivity index (χ3n) is 6.01. The van der Waals surface area contributed by atoms with Gasteiger partial charge in [0.1, 0.15) is 10.5 Å². The van der Waals surface area contributed by atoms with Gasteiger partial charge in [-0.15, -0.1) is 11.3 Å². The van der Waals surface area contributed by atoms with Crippen LogP contribution in [0.1, 0.15) is 43.0 Å². The Labute approximate surface area is 201 Å². The molecular weight excluding hydrogens is 450 g/mol. The fraction of sp³-hybridized carbons (Fsp3) is 0.417. The van der Waals surface area contributed by atoms with Crippen LogP contribution in [0.25, 0.3) is 21.7 Å². The smallest absolute Gasteiger partial charge is 0.328 e. The van der Waals surface area contributed by atoms with Gasteiger partial charge in [0, 0.05) is 23.2 Å². The molecule has 4 aromatic rings. The minimum Gasteiger partial charge on any atom is -0.463 e. The average molecular weight is 480 g/mol. The molecular formula is C24H29N7O2S. The molecule has 0 bridgehead atoms. The van der Waals surface area contributed by atoms with E-state index >= 15 is 0 Å². The first kappa shape index (κ1) is 22.5. The number of aromatic nitrogens is 5. The molecule has 1 saturated heterocycles. The van der Waals surface area contributed by atoms with Crippen molar-refractivity contribution in [2.45, 2.75) is 45.7 Å². The monoisotopic (exact) mass is 479 g/mol. The lowest BCUT2D eigenvalue weighted by Gasteiger charge is -2.14. The second-order valence-electron chi connectivity index (χ2n) is 8.62. The number of hydrogen-bond acceptors (Lipinski definition) is 8. The summed E-state index contributed by atoms with van der Waals surface area (Å²) in [5.74, 6) is 0.201. The van der Waals surface area contributed by atoms with E-state index in [0.29, 0.717) is 24.3 Å². The van der Waals surface area contributed by atoms with Crippen LogP contribution in [0.4, 0.5) is 5.82 Å². The first-order valence-corrected chi connectivity index (χ1v) is 12.6. The largest absolute Gasteiger partial charge is 0.463 e. The van der Waals surface area contributed by atoms with Crippen molar-refractivity contribution in [2.75, 3.05) is 25.4 Å². The van der Waals surface area contributed by atoms with Gasteiger partial charge in [0.25, 0.3) is 0 Å². The van der Waals surface area contributed by atoms with Crippen LogP contribution >= 0.6 is 11.3 Å². The third-order valence-corrected chi connectivity index (χ3v) is 7.04. The van der Waals surface area contributed by atoms with Crippen LogP contribution in [0.3, 0.4) is 0 Å². The molecule has 0 spiro atoms. The summed E-state index contributed by atoms with van der Waals surface area (Å²) in [6.07, 6.45) is 6.28. The summed E-state index contributed by atoms with van der Waals surface area (Å²) in [6.45, 7) is 6.24. The lowest BCUT2D eigenvalue weighted by atomic mass is 10.1. The molecule has 0 saturated carbocycles. The van der Waals surface area contributed by atoms with E-state index in [1.54, 1.807) is 15.9 Å². The molecule has 1 fully saturated rings. The molecule has 4 heterocycles. The molecule has 9 nitrogen and oxygen atoms in total. The Balaban J connectivity index is 1.37. The first-order chi connectivity index (χ1) is 16.6. The quantitative estimate of drug-likeness (QED) is 0.352. The number of imidazole rings is 1. The number of anilines is 1. The molecule has 1 aliphatic rings. The minimum absolute atomic E-state index is 0.186. The van der Waals surface area contributed by atoms with Crippen LogP contribution in [0.5, 0.6) is 6.01 Å². The van der Waals surface area contributed by atoms with Gasteiger partial charge in [-0.25, -0.2) is 9.78 Å². The molecule has 0 radical (unpaired) electrons. The third kappa shape index (κ3) is 4.83. The Bertz CT molecular complexity index is 1340. The van der Waals surface area contributed by atoms with E-state index < -0.39 is 0 Å². The van der Waals surface area contributed by atoms with Crippen molar-refractivity contribution in [1.82, 2.24) is 29.4 Å². The molecule has 1 aliphatic heterocycles. The summed E-state index contributed by atoms with van der Waals surface area (Å²) in [4.78, 5) is 32.1. The number of nitrogens with two attached hydrogens (primary N) is 1. The van der Waals surface area contributed by atoms with E-state index in [2.05, 4.69) is 56.0 Å². The van der Waals surface area contributed by atoms with Crippen LogP contribution in [0, 0.1) is 0 Å². The number of nitrogen functional groups attached to an aromatic ring is 1. The van der Waals surface area contributed by atoms with E-state index in [4.69, 9.17) is 10.5 Å². The molecule has 0 unspecified atom stereocenters. The SMILES string of the molecule is CCCCOc1nc(N)c2[nH]c(=O)n(Cc3cnc(-c4cccc(CN5CCCC5)c4)s3)c2n1. The maximum absolute atomic E-state index is 12.7. The van der Waals surface area contributed by atoms with Gasteiger partial charge >= 0.3 is 11.7 Å². The van der Waals surface area contributed by atoms with Gasteiger partial charge in [-0.1, -0.05) is 31.5 Å². The van der Waals surface area contributed by atoms with Crippen molar-refractivity contribution in [2.24, 2.45) is 0 Å². The van der Waals surface area contributed by atoms with E-state index in [1.807, 2.05) is 6.20 Å². The molecule has 34 heavy (non-hydrogen) atoms. The van der Waals surface area contributed by atoms with Crippen molar-refractivity contribution in [3.05, 3.63) is 51.4 Å². The fourth-order valence-electron chi connectivity index (χ4n) is 4.22. The number of thiazole rings is 1. The fourth-order valence-corrected chi connectivity index (χ4v) is 5.12. The Kier molecular flexibility index (Phi) is 6.59. The number of rotatable bonds is 9. The predicted molar refractivity (Wildman–Crippen MR) is 134 cm³/mol. The highest BCUT2D eigenvalue weighted by molar-refractivity contribution is 7.15. The number of ether oxygens (including phenoxy) is 1. The zero-order valence-electron chi connectivity index (χ0n) is 19.3. The number of hydrogen-bond donors (Lipinski definition) is 2. The number of H-pyrrole nitrogens is 1. The zero-order chi connectivity index (χ0) is 23.5. The lowest BCUT2D eigenvalue weighted by molar-refractivity contribution is 0.286. The van der Waals surface area contributed by atoms with Gasteiger partial charge in [-0.3, -0.25) is 9.47 Å². The number of unbranched alkanes of at least 4 members (excludes halogenated alkanes) is 1. The molecule has 0 amide bonds. The van der Waals surface area contributed by atoms with Crippen LogP contribution in [-0.4, -0.2) is 49.1 Å². The summed E-state index contributed by atoms with van der Waals surface area (Å²) in [7, 11) is 0. The molecule has 3 aromatic heterocycles. The number of nitrogens with zero attached hydrogens (tertiary/aromatic N) is 5. The molecule has 0 aliphatic carbocycles. The molecule has 5 rings (SSSR count). The minimum atomic E-state index is -0.288. The van der Waals surface area contributed by atoms with E-state index in [-0.39, 0.29) is 17.5 Å². The summed E-state index contributed by atoms with van der Waals surface area (Å²) < 4.78 is 7.18. The van der Waals surface area contributed by atoms with Crippen molar-refractivity contribution < 1.29 is 4.74 Å². The Hall–Kier alpha value is -3.24. The van der Waals surface area contributed by atoms with Crippen molar-refractivity contribution in [3.63, 3.8) is 0 Å².